The summed E-state index contributed by atoms with van der Waals surface area (Å²) >= 11 is 0. The van der Waals surface area contributed by atoms with E-state index >= 15 is 0 Å². The molecule has 0 radical (unpaired) electrons. The number of hydrogen-bond acceptors (Lipinski definition) is 5. The lowest BCUT2D eigenvalue weighted by Crippen LogP contribution is -2.33. The van der Waals surface area contributed by atoms with Crippen LogP contribution in [-0.4, -0.2) is 62.0 Å². The van der Waals surface area contributed by atoms with Crippen molar-refractivity contribution in [2.75, 3.05) is 39.5 Å². The van der Waals surface area contributed by atoms with Crippen LogP contribution in [-0.2, 0) is 16.4 Å². The maximum absolute atomic E-state index is 12.4. The number of nitro benzene ring substituents is 1. The fourth-order valence-electron chi connectivity index (χ4n) is 2.88. The van der Waals surface area contributed by atoms with E-state index in [1.165, 1.54) is 12.1 Å². The van der Waals surface area contributed by atoms with Crippen molar-refractivity contribution in [1.29, 1.82) is 0 Å². The van der Waals surface area contributed by atoms with Gasteiger partial charge in [-0.05, 0) is 38.4 Å². The van der Waals surface area contributed by atoms with E-state index in [9.17, 15) is 18.5 Å². The van der Waals surface area contributed by atoms with Crippen molar-refractivity contribution in [1.82, 2.24) is 9.21 Å². The lowest BCUT2D eigenvalue weighted by Gasteiger charge is -2.18. The molecule has 23 heavy (non-hydrogen) atoms. The second kappa shape index (κ2) is 7.37. The first-order valence-electron chi connectivity index (χ1n) is 7.64. The molecule has 0 saturated carbocycles. The summed E-state index contributed by atoms with van der Waals surface area (Å²) in [5, 5.41) is 10.6. The van der Waals surface area contributed by atoms with Crippen LogP contribution in [0.2, 0.25) is 0 Å². The third kappa shape index (κ3) is 4.98. The molecule has 0 bridgehead atoms. The Kier molecular flexibility index (Phi) is 5.72. The van der Waals surface area contributed by atoms with E-state index in [4.69, 9.17) is 0 Å². The summed E-state index contributed by atoms with van der Waals surface area (Å²) in [7, 11) is 0.711. The van der Waals surface area contributed by atoms with Crippen LogP contribution in [0, 0.1) is 16.0 Å². The van der Waals surface area contributed by atoms with Gasteiger partial charge in [0, 0.05) is 31.8 Å². The molecule has 1 fully saturated rings. The fraction of sp³-hybridized carbons (Fsp3) is 0.600. The number of sulfonamides is 1. The van der Waals surface area contributed by atoms with Gasteiger partial charge in [-0.3, -0.25) is 10.1 Å². The summed E-state index contributed by atoms with van der Waals surface area (Å²) in [6.45, 7) is 2.07. The number of rotatable bonds is 7. The van der Waals surface area contributed by atoms with Crippen LogP contribution in [0.5, 0.6) is 0 Å². The van der Waals surface area contributed by atoms with Crippen molar-refractivity contribution in [3.8, 4) is 0 Å². The molecule has 1 saturated heterocycles. The highest BCUT2D eigenvalue weighted by molar-refractivity contribution is 7.89. The highest BCUT2D eigenvalue weighted by Crippen LogP contribution is 2.21. The van der Waals surface area contributed by atoms with Crippen LogP contribution in [0.3, 0.4) is 0 Å². The zero-order chi connectivity index (χ0) is 17.0. The summed E-state index contributed by atoms with van der Waals surface area (Å²) in [6.07, 6.45) is 1.27. The van der Waals surface area contributed by atoms with E-state index in [1.54, 1.807) is 16.4 Å². The molecule has 7 nitrogen and oxygen atoms in total. The first kappa shape index (κ1) is 17.8. The van der Waals surface area contributed by atoms with Gasteiger partial charge in [-0.25, -0.2) is 12.7 Å². The van der Waals surface area contributed by atoms with E-state index in [-0.39, 0.29) is 11.4 Å². The Labute approximate surface area is 137 Å². The highest BCUT2D eigenvalue weighted by atomic mass is 32.2. The predicted octanol–water partition coefficient (Wildman–Crippen LogP) is 1.35. The van der Waals surface area contributed by atoms with Crippen molar-refractivity contribution < 1.29 is 13.3 Å². The second-order valence-electron chi connectivity index (χ2n) is 6.26. The van der Waals surface area contributed by atoms with Gasteiger partial charge in [0.2, 0.25) is 10.0 Å². The van der Waals surface area contributed by atoms with E-state index in [0.29, 0.717) is 25.4 Å². The van der Waals surface area contributed by atoms with Crippen LogP contribution in [0.25, 0.3) is 0 Å². The van der Waals surface area contributed by atoms with Crippen molar-refractivity contribution in [2.45, 2.75) is 12.8 Å². The lowest BCUT2D eigenvalue weighted by atomic mass is 10.1. The lowest BCUT2D eigenvalue weighted by molar-refractivity contribution is -0.384. The SMILES string of the molecule is CN(C)CC1CCN(S(=O)(=O)CCc2ccc([N+](=O)[O-])cc2)C1. The molecular formula is C15H23N3O4S. The van der Waals surface area contributed by atoms with E-state index in [2.05, 4.69) is 4.90 Å². The Morgan fingerprint density at radius 1 is 1.30 bits per heavy atom. The number of nitro groups is 1. The topological polar surface area (TPSA) is 83.8 Å². The Balaban J connectivity index is 1.90. The average Bonchev–Trinajstić information content (AvgIpc) is 2.94. The molecule has 1 aromatic carbocycles. The van der Waals surface area contributed by atoms with Crippen LogP contribution >= 0.6 is 0 Å². The largest absolute Gasteiger partial charge is 0.309 e. The summed E-state index contributed by atoms with van der Waals surface area (Å²) in [5.74, 6) is 0.429. The molecule has 128 valence electrons. The number of nitrogens with zero attached hydrogens (tertiary/aromatic N) is 3. The quantitative estimate of drug-likeness (QED) is 0.552. The maximum atomic E-state index is 12.4. The first-order valence-corrected chi connectivity index (χ1v) is 9.25. The van der Waals surface area contributed by atoms with Crippen LogP contribution in [0.4, 0.5) is 5.69 Å². The summed E-state index contributed by atoms with van der Waals surface area (Å²) in [6, 6.07) is 6.05. The van der Waals surface area contributed by atoms with E-state index in [1.807, 2.05) is 14.1 Å². The summed E-state index contributed by atoms with van der Waals surface area (Å²) < 4.78 is 26.4. The zero-order valence-electron chi connectivity index (χ0n) is 13.5. The molecule has 1 atom stereocenters. The molecule has 1 aliphatic heterocycles. The molecule has 1 unspecified atom stereocenters. The third-order valence-electron chi connectivity index (χ3n) is 4.06. The van der Waals surface area contributed by atoms with Gasteiger partial charge in [-0.15, -0.1) is 0 Å². The molecule has 0 aromatic heterocycles. The van der Waals surface area contributed by atoms with Crippen molar-refractivity contribution in [2.24, 2.45) is 5.92 Å². The monoisotopic (exact) mass is 341 g/mol. The molecular weight excluding hydrogens is 318 g/mol. The molecule has 0 N–H and O–H groups in total. The summed E-state index contributed by atoms with van der Waals surface area (Å²) in [4.78, 5) is 12.2. The molecule has 0 spiro atoms. The fourth-order valence-corrected chi connectivity index (χ4v) is 4.45. The van der Waals surface area contributed by atoms with Crippen molar-refractivity contribution in [3.63, 3.8) is 0 Å². The molecule has 1 heterocycles. The number of non-ortho nitro benzene ring substituents is 1. The van der Waals surface area contributed by atoms with Gasteiger partial charge < -0.3 is 4.90 Å². The number of benzene rings is 1. The standard InChI is InChI=1S/C15H23N3O4S/c1-16(2)11-14-7-9-17(12-14)23(21,22)10-8-13-3-5-15(6-4-13)18(19)20/h3-6,14H,7-12H2,1-2H3. The van der Waals surface area contributed by atoms with Gasteiger partial charge in [0.1, 0.15) is 0 Å². The second-order valence-corrected chi connectivity index (χ2v) is 8.35. The van der Waals surface area contributed by atoms with Gasteiger partial charge in [0.05, 0.1) is 10.7 Å². The molecule has 1 aliphatic rings. The maximum Gasteiger partial charge on any atom is 0.269 e. The molecule has 2 rings (SSSR count). The minimum atomic E-state index is -3.27. The van der Waals surface area contributed by atoms with Crippen molar-refractivity contribution in [3.05, 3.63) is 39.9 Å². The van der Waals surface area contributed by atoms with Gasteiger partial charge >= 0.3 is 0 Å². The van der Waals surface area contributed by atoms with E-state index in [0.717, 1.165) is 18.5 Å². The Bertz CT molecular complexity index is 643. The number of aryl methyl sites for hydroxylation is 1. The van der Waals surface area contributed by atoms with E-state index < -0.39 is 14.9 Å². The van der Waals surface area contributed by atoms with Crippen molar-refractivity contribution >= 4 is 15.7 Å². The molecule has 8 heteroatoms. The van der Waals surface area contributed by atoms with Crippen LogP contribution in [0.15, 0.2) is 24.3 Å². The van der Waals surface area contributed by atoms with Crippen LogP contribution in [0.1, 0.15) is 12.0 Å². The normalized spacial score (nSPS) is 19.3. The molecule has 0 amide bonds. The molecule has 1 aromatic rings. The summed E-state index contributed by atoms with van der Waals surface area (Å²) in [5.41, 5.74) is 0.811. The average molecular weight is 341 g/mol. The smallest absolute Gasteiger partial charge is 0.269 e. The number of hydrogen-bond donors (Lipinski definition) is 0. The minimum Gasteiger partial charge on any atom is -0.309 e. The zero-order valence-corrected chi connectivity index (χ0v) is 14.3. The Hall–Kier alpha value is -1.51. The van der Waals surface area contributed by atoms with Gasteiger partial charge in [-0.1, -0.05) is 12.1 Å². The highest BCUT2D eigenvalue weighted by Gasteiger charge is 2.31. The Morgan fingerprint density at radius 2 is 1.96 bits per heavy atom. The first-order chi connectivity index (χ1) is 10.8. The third-order valence-corrected chi connectivity index (χ3v) is 5.90. The van der Waals surface area contributed by atoms with Gasteiger partial charge in [0.25, 0.3) is 5.69 Å². The van der Waals surface area contributed by atoms with Crippen LogP contribution < -0.4 is 0 Å². The predicted molar refractivity (Wildman–Crippen MR) is 88.8 cm³/mol. The van der Waals surface area contributed by atoms with Gasteiger partial charge in [-0.2, -0.15) is 0 Å². The molecule has 0 aliphatic carbocycles. The Morgan fingerprint density at radius 3 is 2.52 bits per heavy atom. The minimum absolute atomic E-state index is 0.0164. The van der Waals surface area contributed by atoms with Gasteiger partial charge in [0.15, 0.2) is 0 Å².